The normalized spacial score (nSPS) is 10.6. The van der Waals surface area contributed by atoms with Gasteiger partial charge in [-0.3, -0.25) is 0 Å². The van der Waals surface area contributed by atoms with Crippen LogP contribution >= 0.6 is 0 Å². The van der Waals surface area contributed by atoms with Gasteiger partial charge in [-0.1, -0.05) is 223 Å². The highest BCUT2D eigenvalue weighted by molar-refractivity contribution is 6.00. The third kappa shape index (κ3) is 11.3. The fraction of sp³-hybridized carbons (Fsp3) is 0.0423. The lowest BCUT2D eigenvalue weighted by molar-refractivity contribution is 1.26. The maximum atomic E-state index is 2.37. The van der Waals surface area contributed by atoms with Crippen molar-refractivity contribution in [2.75, 3.05) is 14.7 Å². The monoisotopic (exact) mass is 953 g/mol. The highest BCUT2D eigenvalue weighted by Crippen LogP contribution is 2.43. The van der Waals surface area contributed by atoms with Crippen LogP contribution in [-0.4, -0.2) is 0 Å². The van der Waals surface area contributed by atoms with Gasteiger partial charge in [-0.25, -0.2) is 0 Å². The van der Waals surface area contributed by atoms with E-state index in [1.54, 1.807) is 0 Å². The van der Waals surface area contributed by atoms with Crippen LogP contribution in [0, 0.1) is 20.8 Å². The molecule has 358 valence electrons. The summed E-state index contributed by atoms with van der Waals surface area (Å²) in [5.41, 5.74) is 16.2. The van der Waals surface area contributed by atoms with Crippen LogP contribution in [0.1, 0.15) is 16.7 Å². The van der Waals surface area contributed by atoms with E-state index in [1.807, 2.05) is 36.4 Å². The number of hydrogen-bond donors (Lipinski definition) is 0. The van der Waals surface area contributed by atoms with E-state index in [4.69, 9.17) is 0 Å². The Morgan fingerprint density at radius 3 is 0.797 bits per heavy atom. The molecule has 0 spiro atoms. The molecular weight excluding hydrogens is 895 g/mol. The molecule has 0 atom stereocenters. The van der Waals surface area contributed by atoms with Crippen molar-refractivity contribution < 1.29 is 0 Å². The van der Waals surface area contributed by atoms with E-state index in [0.29, 0.717) is 0 Å². The SMILES string of the molecule is Cc1ccc(N(c2ccc(-c3ccc(N(c4ccc(N(c5ccccc5)c5ccccc5)cc4)c4cccc5ccccc45)cc3)cc2)c2cccc3ccccc23)cc1.Cc1ccccc1.Cc1ccccc1. The van der Waals surface area contributed by atoms with Gasteiger partial charge in [0.1, 0.15) is 0 Å². The molecule has 0 fully saturated rings. The molecule has 12 rings (SSSR count). The zero-order valence-electron chi connectivity index (χ0n) is 42.2. The van der Waals surface area contributed by atoms with Crippen LogP contribution in [0.15, 0.2) is 303 Å². The smallest absolute Gasteiger partial charge is 0.0540 e. The quantitative estimate of drug-likeness (QED) is 0.135. The van der Waals surface area contributed by atoms with Crippen molar-refractivity contribution in [3.05, 3.63) is 320 Å². The number of fused-ring (bicyclic) bond motifs is 2. The second-order valence-electron chi connectivity index (χ2n) is 18.4. The van der Waals surface area contributed by atoms with E-state index in [9.17, 15) is 0 Å². The summed E-state index contributed by atoms with van der Waals surface area (Å²) in [6.45, 7) is 6.30. The molecule has 12 aromatic carbocycles. The number of benzene rings is 12. The highest BCUT2D eigenvalue weighted by Gasteiger charge is 2.19. The van der Waals surface area contributed by atoms with Crippen molar-refractivity contribution in [1.82, 2.24) is 0 Å². The summed E-state index contributed by atoms with van der Waals surface area (Å²) in [7, 11) is 0. The zero-order valence-corrected chi connectivity index (χ0v) is 42.2. The number of aryl methyl sites for hydroxylation is 3. The van der Waals surface area contributed by atoms with Gasteiger partial charge in [0.25, 0.3) is 0 Å². The Morgan fingerprint density at radius 2 is 0.446 bits per heavy atom. The Labute approximate surface area is 437 Å². The van der Waals surface area contributed by atoms with E-state index >= 15 is 0 Å². The molecule has 0 amide bonds. The van der Waals surface area contributed by atoms with Gasteiger partial charge < -0.3 is 14.7 Å². The number of nitrogens with zero attached hydrogens (tertiary/aromatic N) is 3. The minimum Gasteiger partial charge on any atom is -0.311 e. The van der Waals surface area contributed by atoms with E-state index in [2.05, 4.69) is 302 Å². The van der Waals surface area contributed by atoms with Crippen LogP contribution in [0.4, 0.5) is 51.2 Å². The molecule has 0 unspecified atom stereocenters. The van der Waals surface area contributed by atoms with Crippen LogP contribution in [-0.2, 0) is 0 Å². The van der Waals surface area contributed by atoms with E-state index in [-0.39, 0.29) is 0 Å². The first-order valence-electron chi connectivity index (χ1n) is 25.3. The molecule has 0 radical (unpaired) electrons. The standard InChI is InChI=1S/C57H43N3.2C7H8/c1-42-26-32-50(33-27-42)59(56-24-12-16-45-14-8-10-22-54(45)56)51-34-28-43(29-35-51)44-30-36-52(37-31-44)60(57-25-13-17-46-15-9-11-23-55(46)57)53-40-38-49(39-41-53)58(47-18-4-2-5-19-47)48-20-6-3-7-21-48;2*1-7-5-3-2-4-6-7/h2-41H,1H3;2*2-6H,1H3. The summed E-state index contributed by atoms with van der Waals surface area (Å²) in [5.74, 6) is 0. The van der Waals surface area contributed by atoms with Gasteiger partial charge in [0.15, 0.2) is 0 Å². The molecule has 0 bridgehead atoms. The molecule has 0 aliphatic carbocycles. The van der Waals surface area contributed by atoms with Crippen molar-refractivity contribution >= 4 is 72.7 Å². The Hall–Kier alpha value is -9.44. The highest BCUT2D eigenvalue weighted by atomic mass is 15.2. The second-order valence-corrected chi connectivity index (χ2v) is 18.4. The largest absolute Gasteiger partial charge is 0.311 e. The van der Waals surface area contributed by atoms with Gasteiger partial charge in [0, 0.05) is 50.6 Å². The first-order valence-corrected chi connectivity index (χ1v) is 25.3. The summed E-state index contributed by atoms with van der Waals surface area (Å²) >= 11 is 0. The maximum absolute atomic E-state index is 2.37. The molecule has 0 saturated carbocycles. The van der Waals surface area contributed by atoms with Crippen molar-refractivity contribution in [2.24, 2.45) is 0 Å². The lowest BCUT2D eigenvalue weighted by Gasteiger charge is -2.29. The molecule has 0 heterocycles. The lowest BCUT2D eigenvalue weighted by Crippen LogP contribution is -2.12. The van der Waals surface area contributed by atoms with E-state index in [1.165, 1.54) is 38.2 Å². The van der Waals surface area contributed by atoms with E-state index < -0.39 is 0 Å². The van der Waals surface area contributed by atoms with Crippen molar-refractivity contribution in [2.45, 2.75) is 20.8 Å². The molecule has 0 saturated heterocycles. The van der Waals surface area contributed by atoms with Gasteiger partial charge in [-0.2, -0.15) is 0 Å². The predicted octanol–water partition coefficient (Wildman–Crippen LogP) is 20.4. The molecule has 74 heavy (non-hydrogen) atoms. The Morgan fingerprint density at radius 1 is 0.189 bits per heavy atom. The summed E-state index contributed by atoms with van der Waals surface area (Å²) in [6, 6.07) is 108. The first-order chi connectivity index (χ1) is 36.5. The van der Waals surface area contributed by atoms with Gasteiger partial charge >= 0.3 is 0 Å². The summed E-state index contributed by atoms with van der Waals surface area (Å²) in [4.78, 5) is 7.03. The zero-order chi connectivity index (χ0) is 50.5. The number of hydrogen-bond acceptors (Lipinski definition) is 3. The lowest BCUT2D eigenvalue weighted by atomic mass is 10.0. The van der Waals surface area contributed by atoms with Crippen LogP contribution in [0.25, 0.3) is 32.7 Å². The van der Waals surface area contributed by atoms with Gasteiger partial charge in [0.2, 0.25) is 0 Å². The Kier molecular flexibility index (Phi) is 15.1. The van der Waals surface area contributed by atoms with Crippen LogP contribution in [0.3, 0.4) is 0 Å². The minimum absolute atomic E-state index is 1.08. The topological polar surface area (TPSA) is 9.72 Å². The fourth-order valence-corrected chi connectivity index (χ4v) is 9.38. The Bertz CT molecular complexity index is 3570. The van der Waals surface area contributed by atoms with Crippen LogP contribution in [0.2, 0.25) is 0 Å². The minimum atomic E-state index is 1.08. The molecule has 0 N–H and O–H groups in total. The van der Waals surface area contributed by atoms with Gasteiger partial charge in [0.05, 0.1) is 11.4 Å². The average Bonchev–Trinajstić information content (AvgIpc) is 3.46. The number of anilines is 9. The molecule has 3 heteroatoms. The fourth-order valence-electron chi connectivity index (χ4n) is 9.38. The van der Waals surface area contributed by atoms with Gasteiger partial charge in [-0.05, 0) is 140 Å². The third-order valence-corrected chi connectivity index (χ3v) is 13.2. The van der Waals surface area contributed by atoms with Crippen LogP contribution < -0.4 is 14.7 Å². The predicted molar refractivity (Wildman–Crippen MR) is 318 cm³/mol. The third-order valence-electron chi connectivity index (χ3n) is 13.2. The first kappa shape index (κ1) is 48.2. The maximum Gasteiger partial charge on any atom is 0.0540 e. The Balaban J connectivity index is 0.000000388. The molecule has 12 aromatic rings. The summed E-state index contributed by atoms with van der Waals surface area (Å²) in [5, 5.41) is 4.84. The van der Waals surface area contributed by atoms with Crippen molar-refractivity contribution in [1.29, 1.82) is 0 Å². The molecule has 0 aromatic heterocycles. The summed E-state index contributed by atoms with van der Waals surface area (Å²) in [6.07, 6.45) is 0. The molecule has 3 nitrogen and oxygen atoms in total. The summed E-state index contributed by atoms with van der Waals surface area (Å²) < 4.78 is 0. The number of para-hydroxylation sites is 2. The molecular formula is C71H59N3. The molecule has 0 aliphatic rings. The second kappa shape index (κ2) is 23.2. The number of rotatable bonds is 10. The molecule has 0 aliphatic heterocycles. The van der Waals surface area contributed by atoms with E-state index in [0.717, 1.165) is 62.3 Å². The van der Waals surface area contributed by atoms with Crippen molar-refractivity contribution in [3.8, 4) is 11.1 Å². The average molecular weight is 954 g/mol. The van der Waals surface area contributed by atoms with Crippen molar-refractivity contribution in [3.63, 3.8) is 0 Å². The van der Waals surface area contributed by atoms with Crippen LogP contribution in [0.5, 0.6) is 0 Å². The van der Waals surface area contributed by atoms with Gasteiger partial charge in [-0.15, -0.1) is 0 Å².